The molecule has 0 spiro atoms. The Hall–Kier alpha value is -2.37. The van der Waals surface area contributed by atoms with E-state index in [1.54, 1.807) is 12.1 Å². The maximum Gasteiger partial charge on any atom is 0.226 e. The Morgan fingerprint density at radius 1 is 1.03 bits per heavy atom. The fraction of sp³-hybridized carbons (Fsp3) is 0.565. The number of carbonyl (C=O) groups is 2. The van der Waals surface area contributed by atoms with E-state index in [4.69, 9.17) is 0 Å². The lowest BCUT2D eigenvalue weighted by molar-refractivity contribution is -0.135. The molecule has 1 heterocycles. The van der Waals surface area contributed by atoms with Gasteiger partial charge in [-0.1, -0.05) is 11.6 Å². The molecule has 1 aromatic rings. The third kappa shape index (κ3) is 4.98. The highest BCUT2D eigenvalue weighted by Crippen LogP contribution is 2.40. The molecule has 4 rings (SSSR count). The van der Waals surface area contributed by atoms with Crippen LogP contribution in [0.2, 0.25) is 0 Å². The number of piperazine rings is 1. The Morgan fingerprint density at radius 2 is 1.79 bits per heavy atom. The first-order valence-corrected chi connectivity index (χ1v) is 10.9. The summed E-state index contributed by atoms with van der Waals surface area (Å²) < 4.78 is 13.1. The zero-order valence-corrected chi connectivity index (χ0v) is 16.9. The minimum absolute atomic E-state index is 0.0321. The fourth-order valence-electron chi connectivity index (χ4n) is 4.44. The normalized spacial score (nSPS) is 24.1. The second-order valence-electron chi connectivity index (χ2n) is 8.39. The van der Waals surface area contributed by atoms with E-state index >= 15 is 0 Å². The quantitative estimate of drug-likeness (QED) is 0.748. The van der Waals surface area contributed by atoms with Crippen molar-refractivity contribution >= 4 is 17.5 Å². The first-order chi connectivity index (χ1) is 14.1. The van der Waals surface area contributed by atoms with Crippen molar-refractivity contribution in [3.8, 4) is 0 Å². The van der Waals surface area contributed by atoms with Crippen LogP contribution in [0.5, 0.6) is 0 Å². The number of allylic oxidation sites excluding steroid dienone is 1. The van der Waals surface area contributed by atoms with Gasteiger partial charge in [-0.15, -0.1) is 0 Å². The minimum atomic E-state index is -0.240. The molecule has 156 valence electrons. The molecule has 0 bridgehead atoms. The van der Waals surface area contributed by atoms with E-state index in [1.165, 1.54) is 30.5 Å². The van der Waals surface area contributed by atoms with Gasteiger partial charge in [0.25, 0.3) is 0 Å². The van der Waals surface area contributed by atoms with E-state index in [0.717, 1.165) is 38.0 Å². The molecule has 1 aliphatic heterocycles. The maximum absolute atomic E-state index is 13.1. The third-order valence-electron chi connectivity index (χ3n) is 6.36. The van der Waals surface area contributed by atoms with Gasteiger partial charge >= 0.3 is 0 Å². The molecule has 6 heteroatoms. The lowest BCUT2D eigenvalue weighted by Crippen LogP contribution is -2.49. The second kappa shape index (κ2) is 8.97. The molecule has 29 heavy (non-hydrogen) atoms. The topological polar surface area (TPSA) is 52.7 Å². The zero-order valence-electron chi connectivity index (χ0n) is 16.9. The van der Waals surface area contributed by atoms with E-state index in [1.807, 2.05) is 4.90 Å². The van der Waals surface area contributed by atoms with Crippen LogP contribution in [0.1, 0.15) is 38.5 Å². The Labute approximate surface area is 171 Å². The molecule has 0 radical (unpaired) electrons. The molecule has 3 aliphatic rings. The fourth-order valence-corrected chi connectivity index (χ4v) is 4.44. The van der Waals surface area contributed by atoms with Crippen molar-refractivity contribution in [2.24, 2.45) is 11.8 Å². The predicted molar refractivity (Wildman–Crippen MR) is 111 cm³/mol. The van der Waals surface area contributed by atoms with Gasteiger partial charge in [-0.05, 0) is 62.8 Å². The van der Waals surface area contributed by atoms with Crippen molar-refractivity contribution in [1.29, 1.82) is 0 Å². The maximum atomic E-state index is 13.1. The van der Waals surface area contributed by atoms with E-state index in [0.29, 0.717) is 26.1 Å². The van der Waals surface area contributed by atoms with Crippen LogP contribution in [0.4, 0.5) is 10.1 Å². The number of halogens is 1. The number of amides is 2. The average molecular weight is 400 g/mol. The number of hydrogen-bond acceptors (Lipinski definition) is 3. The number of nitrogens with zero attached hydrogens (tertiary/aromatic N) is 2. The van der Waals surface area contributed by atoms with Crippen LogP contribution >= 0.6 is 0 Å². The van der Waals surface area contributed by atoms with Gasteiger partial charge in [0.2, 0.25) is 11.8 Å². The van der Waals surface area contributed by atoms with Crippen LogP contribution in [0.15, 0.2) is 35.9 Å². The first-order valence-electron chi connectivity index (χ1n) is 10.9. The standard InChI is InChI=1S/C23H30FN3O2/c24-18-6-8-19(9-7-18)26-12-14-27(15-13-26)23(29)21-16-20(21)22(28)25-11-10-17-4-2-1-3-5-17/h4,6-9,20-21H,1-3,5,10-16H2,(H,25,28). The van der Waals surface area contributed by atoms with Gasteiger partial charge in [0.15, 0.2) is 0 Å². The van der Waals surface area contributed by atoms with Crippen molar-refractivity contribution in [2.75, 3.05) is 37.6 Å². The zero-order chi connectivity index (χ0) is 20.2. The summed E-state index contributed by atoms with van der Waals surface area (Å²) in [6.07, 6.45) is 8.77. The highest BCUT2D eigenvalue weighted by atomic mass is 19.1. The number of carbonyl (C=O) groups excluding carboxylic acids is 2. The molecule has 1 N–H and O–H groups in total. The van der Waals surface area contributed by atoms with Crippen LogP contribution in [0.3, 0.4) is 0 Å². The van der Waals surface area contributed by atoms with Crippen LogP contribution in [-0.2, 0) is 9.59 Å². The Kier molecular flexibility index (Phi) is 6.16. The molecule has 1 saturated carbocycles. The van der Waals surface area contributed by atoms with Gasteiger partial charge in [0.1, 0.15) is 5.82 Å². The van der Waals surface area contributed by atoms with Gasteiger partial charge in [-0.25, -0.2) is 4.39 Å². The highest BCUT2D eigenvalue weighted by Gasteiger charge is 2.49. The molecule has 5 nitrogen and oxygen atoms in total. The van der Waals surface area contributed by atoms with Gasteiger partial charge in [-0.3, -0.25) is 9.59 Å². The summed E-state index contributed by atoms with van der Waals surface area (Å²) in [5.74, 6) is -0.404. The summed E-state index contributed by atoms with van der Waals surface area (Å²) in [4.78, 5) is 29.2. The highest BCUT2D eigenvalue weighted by molar-refractivity contribution is 5.92. The minimum Gasteiger partial charge on any atom is -0.368 e. The summed E-state index contributed by atoms with van der Waals surface area (Å²) in [5.41, 5.74) is 2.44. The summed E-state index contributed by atoms with van der Waals surface area (Å²) >= 11 is 0. The first kappa shape index (κ1) is 19.9. The summed E-state index contributed by atoms with van der Waals surface area (Å²) in [6.45, 7) is 3.44. The Morgan fingerprint density at radius 3 is 2.48 bits per heavy atom. The number of hydrogen-bond donors (Lipinski definition) is 1. The van der Waals surface area contributed by atoms with Crippen molar-refractivity contribution in [1.82, 2.24) is 10.2 Å². The molecule has 2 unspecified atom stereocenters. The van der Waals surface area contributed by atoms with Crippen molar-refractivity contribution < 1.29 is 14.0 Å². The summed E-state index contributed by atoms with van der Waals surface area (Å²) in [5, 5.41) is 3.02. The monoisotopic (exact) mass is 399 g/mol. The number of rotatable bonds is 6. The van der Waals surface area contributed by atoms with Crippen LogP contribution in [-0.4, -0.2) is 49.4 Å². The molecule has 1 aromatic carbocycles. The lowest BCUT2D eigenvalue weighted by atomic mass is 9.97. The van der Waals surface area contributed by atoms with Gasteiger partial charge in [0.05, 0.1) is 11.8 Å². The summed E-state index contributed by atoms with van der Waals surface area (Å²) in [6, 6.07) is 6.48. The average Bonchev–Trinajstić information content (AvgIpc) is 3.56. The number of anilines is 1. The smallest absolute Gasteiger partial charge is 0.226 e. The molecule has 1 saturated heterocycles. The van der Waals surface area contributed by atoms with E-state index < -0.39 is 0 Å². The second-order valence-corrected chi connectivity index (χ2v) is 8.39. The van der Waals surface area contributed by atoms with Gasteiger partial charge in [0, 0.05) is 38.4 Å². The molecular formula is C23H30FN3O2. The van der Waals surface area contributed by atoms with Gasteiger partial charge < -0.3 is 15.1 Å². The Bertz CT molecular complexity index is 769. The molecule has 0 aromatic heterocycles. The third-order valence-corrected chi connectivity index (χ3v) is 6.36. The molecule has 2 fully saturated rings. The summed E-state index contributed by atoms with van der Waals surface area (Å²) in [7, 11) is 0. The molecule has 2 aliphatic carbocycles. The predicted octanol–water partition coefficient (Wildman–Crippen LogP) is 3.12. The van der Waals surface area contributed by atoms with Crippen molar-refractivity contribution in [3.05, 3.63) is 41.7 Å². The molecule has 2 amide bonds. The van der Waals surface area contributed by atoms with Gasteiger partial charge in [-0.2, -0.15) is 0 Å². The van der Waals surface area contributed by atoms with Crippen LogP contribution < -0.4 is 10.2 Å². The van der Waals surface area contributed by atoms with Crippen molar-refractivity contribution in [2.45, 2.75) is 38.5 Å². The van der Waals surface area contributed by atoms with E-state index in [2.05, 4.69) is 16.3 Å². The number of benzene rings is 1. The van der Waals surface area contributed by atoms with Crippen molar-refractivity contribution in [3.63, 3.8) is 0 Å². The lowest BCUT2D eigenvalue weighted by Gasteiger charge is -2.36. The number of nitrogens with one attached hydrogen (secondary N) is 1. The largest absolute Gasteiger partial charge is 0.368 e. The molecular weight excluding hydrogens is 369 g/mol. The van der Waals surface area contributed by atoms with Crippen LogP contribution in [0.25, 0.3) is 0 Å². The van der Waals surface area contributed by atoms with E-state index in [9.17, 15) is 14.0 Å². The van der Waals surface area contributed by atoms with E-state index in [-0.39, 0.29) is 29.5 Å². The Balaban J connectivity index is 1.18. The van der Waals surface area contributed by atoms with Crippen LogP contribution in [0, 0.1) is 17.7 Å². The SMILES string of the molecule is O=C(NCCC1=CCCCC1)C1CC1C(=O)N1CCN(c2ccc(F)cc2)CC1. The molecule has 2 atom stereocenters.